The first-order valence-corrected chi connectivity index (χ1v) is 6.15. The van der Waals surface area contributed by atoms with Gasteiger partial charge in [-0.15, -0.1) is 0 Å². The summed E-state index contributed by atoms with van der Waals surface area (Å²) in [5, 5.41) is 10.5. The van der Waals surface area contributed by atoms with Crippen LogP contribution in [0.4, 0.5) is 4.39 Å². The van der Waals surface area contributed by atoms with E-state index in [1.807, 2.05) is 6.07 Å². The molecule has 1 aromatic rings. The Balaban J connectivity index is 2.10. The molecule has 0 aromatic heterocycles. The summed E-state index contributed by atoms with van der Waals surface area (Å²) >= 11 is 0. The molecule has 2 heteroatoms. The first kappa shape index (κ1) is 11.6. The Morgan fingerprint density at radius 2 is 1.69 bits per heavy atom. The summed E-state index contributed by atoms with van der Waals surface area (Å²) in [7, 11) is 0. The maximum Gasteiger partial charge on any atom is 0.126 e. The van der Waals surface area contributed by atoms with Gasteiger partial charge in [-0.2, -0.15) is 0 Å². The average molecular weight is 222 g/mol. The third-order valence-electron chi connectivity index (χ3n) is 3.51. The van der Waals surface area contributed by atoms with Crippen LogP contribution < -0.4 is 0 Å². The molecule has 1 aliphatic carbocycles. The summed E-state index contributed by atoms with van der Waals surface area (Å²) in [4.78, 5) is 0. The van der Waals surface area contributed by atoms with Crippen LogP contribution in [0.1, 0.15) is 44.1 Å². The third-order valence-corrected chi connectivity index (χ3v) is 3.51. The Morgan fingerprint density at radius 3 is 2.31 bits per heavy atom. The fourth-order valence-corrected chi connectivity index (χ4v) is 2.56. The van der Waals surface area contributed by atoms with E-state index in [0.717, 1.165) is 25.7 Å². The summed E-state index contributed by atoms with van der Waals surface area (Å²) in [6, 6.07) is 6.77. The molecule has 0 atom stereocenters. The van der Waals surface area contributed by atoms with E-state index in [0.29, 0.717) is 12.0 Å². The Hall–Kier alpha value is -0.890. The highest BCUT2D eigenvalue weighted by molar-refractivity contribution is 5.19. The smallest absolute Gasteiger partial charge is 0.126 e. The molecule has 1 nitrogen and oxygen atoms in total. The van der Waals surface area contributed by atoms with Crippen molar-refractivity contribution in [1.29, 1.82) is 0 Å². The van der Waals surface area contributed by atoms with Gasteiger partial charge < -0.3 is 5.11 Å². The average Bonchev–Trinajstić information content (AvgIpc) is 2.47. The summed E-state index contributed by atoms with van der Waals surface area (Å²) in [6.07, 6.45) is 6.58. The molecule has 2 rings (SSSR count). The highest BCUT2D eigenvalue weighted by Gasteiger charge is 2.28. The zero-order valence-electron chi connectivity index (χ0n) is 9.58. The lowest BCUT2D eigenvalue weighted by atomic mass is 9.87. The SMILES string of the molecule is OC1(Cc2ccccc2F)CCCCCC1. The van der Waals surface area contributed by atoms with Gasteiger partial charge in [-0.3, -0.25) is 0 Å². The van der Waals surface area contributed by atoms with Crippen molar-refractivity contribution in [3.05, 3.63) is 35.6 Å². The number of rotatable bonds is 2. The van der Waals surface area contributed by atoms with Crippen LogP contribution >= 0.6 is 0 Å². The molecule has 1 fully saturated rings. The minimum Gasteiger partial charge on any atom is -0.390 e. The van der Waals surface area contributed by atoms with Gasteiger partial charge in [0.15, 0.2) is 0 Å². The van der Waals surface area contributed by atoms with Gasteiger partial charge in [0.05, 0.1) is 5.60 Å². The van der Waals surface area contributed by atoms with E-state index >= 15 is 0 Å². The Labute approximate surface area is 96.3 Å². The normalized spacial score (nSPS) is 20.4. The maximum absolute atomic E-state index is 13.5. The zero-order valence-corrected chi connectivity index (χ0v) is 9.58. The molecule has 0 radical (unpaired) electrons. The fourth-order valence-electron chi connectivity index (χ4n) is 2.56. The molecular weight excluding hydrogens is 203 g/mol. The van der Waals surface area contributed by atoms with Gasteiger partial charge in [0.2, 0.25) is 0 Å². The summed E-state index contributed by atoms with van der Waals surface area (Å²) in [5.74, 6) is -0.194. The maximum atomic E-state index is 13.5. The van der Waals surface area contributed by atoms with Crippen molar-refractivity contribution in [2.45, 2.75) is 50.5 Å². The van der Waals surface area contributed by atoms with Crippen LogP contribution in [-0.4, -0.2) is 10.7 Å². The number of hydrogen-bond donors (Lipinski definition) is 1. The standard InChI is InChI=1S/C14H19FO/c15-13-8-4-3-7-12(13)11-14(16)9-5-1-2-6-10-14/h3-4,7-8,16H,1-2,5-6,9-11H2. The van der Waals surface area contributed by atoms with Gasteiger partial charge in [0.25, 0.3) is 0 Å². The van der Waals surface area contributed by atoms with Crippen molar-refractivity contribution in [1.82, 2.24) is 0 Å². The van der Waals surface area contributed by atoms with Crippen molar-refractivity contribution >= 4 is 0 Å². The van der Waals surface area contributed by atoms with Gasteiger partial charge in [-0.1, -0.05) is 43.9 Å². The van der Waals surface area contributed by atoms with Crippen molar-refractivity contribution in [3.8, 4) is 0 Å². The van der Waals surface area contributed by atoms with Gasteiger partial charge in [0.1, 0.15) is 5.82 Å². The van der Waals surface area contributed by atoms with Crippen LogP contribution in [0.25, 0.3) is 0 Å². The summed E-state index contributed by atoms with van der Waals surface area (Å²) < 4.78 is 13.5. The molecule has 0 bridgehead atoms. The lowest BCUT2D eigenvalue weighted by molar-refractivity contribution is 0.0245. The molecule has 0 spiro atoms. The Morgan fingerprint density at radius 1 is 1.06 bits per heavy atom. The van der Waals surface area contributed by atoms with Crippen LogP contribution in [0, 0.1) is 5.82 Å². The van der Waals surface area contributed by atoms with Crippen LogP contribution in [0.15, 0.2) is 24.3 Å². The van der Waals surface area contributed by atoms with E-state index in [9.17, 15) is 9.50 Å². The molecule has 1 aromatic carbocycles. The first-order chi connectivity index (χ1) is 7.70. The van der Waals surface area contributed by atoms with E-state index in [1.165, 1.54) is 18.9 Å². The number of benzene rings is 1. The van der Waals surface area contributed by atoms with Crippen LogP contribution in [0.3, 0.4) is 0 Å². The largest absolute Gasteiger partial charge is 0.390 e. The van der Waals surface area contributed by atoms with Gasteiger partial charge in [0, 0.05) is 6.42 Å². The second-order valence-corrected chi connectivity index (χ2v) is 4.91. The first-order valence-electron chi connectivity index (χ1n) is 6.15. The highest BCUT2D eigenvalue weighted by Crippen LogP contribution is 2.30. The van der Waals surface area contributed by atoms with Crippen molar-refractivity contribution in [2.24, 2.45) is 0 Å². The molecule has 1 aliphatic rings. The monoisotopic (exact) mass is 222 g/mol. The van der Waals surface area contributed by atoms with E-state index < -0.39 is 5.60 Å². The minimum absolute atomic E-state index is 0.194. The second-order valence-electron chi connectivity index (χ2n) is 4.91. The minimum atomic E-state index is -0.682. The molecule has 1 N–H and O–H groups in total. The van der Waals surface area contributed by atoms with Gasteiger partial charge in [-0.05, 0) is 24.5 Å². The van der Waals surface area contributed by atoms with Crippen LogP contribution in [-0.2, 0) is 6.42 Å². The molecular formula is C14H19FO. The van der Waals surface area contributed by atoms with Crippen LogP contribution in [0.2, 0.25) is 0 Å². The molecule has 16 heavy (non-hydrogen) atoms. The van der Waals surface area contributed by atoms with E-state index in [1.54, 1.807) is 12.1 Å². The fraction of sp³-hybridized carbons (Fsp3) is 0.571. The predicted molar refractivity (Wildman–Crippen MR) is 62.8 cm³/mol. The van der Waals surface area contributed by atoms with Crippen molar-refractivity contribution in [2.75, 3.05) is 0 Å². The lowest BCUT2D eigenvalue weighted by Crippen LogP contribution is -2.30. The van der Waals surface area contributed by atoms with Crippen molar-refractivity contribution in [3.63, 3.8) is 0 Å². The zero-order chi connectivity index (χ0) is 11.4. The lowest BCUT2D eigenvalue weighted by Gasteiger charge is -2.26. The second kappa shape index (κ2) is 4.96. The van der Waals surface area contributed by atoms with E-state index in [4.69, 9.17) is 0 Å². The Kier molecular flexibility index (Phi) is 3.59. The molecule has 1 saturated carbocycles. The van der Waals surface area contributed by atoms with E-state index in [2.05, 4.69) is 0 Å². The predicted octanol–water partition coefficient (Wildman–Crippen LogP) is 3.45. The molecule has 0 saturated heterocycles. The summed E-state index contributed by atoms with van der Waals surface area (Å²) in [6.45, 7) is 0. The molecule has 88 valence electrons. The van der Waals surface area contributed by atoms with Gasteiger partial charge in [-0.25, -0.2) is 4.39 Å². The van der Waals surface area contributed by atoms with E-state index in [-0.39, 0.29) is 5.82 Å². The third kappa shape index (κ3) is 2.82. The number of aliphatic hydroxyl groups is 1. The van der Waals surface area contributed by atoms with Gasteiger partial charge >= 0.3 is 0 Å². The summed E-state index contributed by atoms with van der Waals surface area (Å²) in [5.41, 5.74) is -0.0366. The van der Waals surface area contributed by atoms with Crippen LogP contribution in [0.5, 0.6) is 0 Å². The number of hydrogen-bond acceptors (Lipinski definition) is 1. The van der Waals surface area contributed by atoms with Crippen molar-refractivity contribution < 1.29 is 9.50 Å². The topological polar surface area (TPSA) is 20.2 Å². The molecule has 0 aliphatic heterocycles. The number of halogens is 1. The quantitative estimate of drug-likeness (QED) is 0.760. The molecule has 0 amide bonds. The Bertz CT molecular complexity index is 340. The highest BCUT2D eigenvalue weighted by atomic mass is 19.1. The molecule has 0 heterocycles. The molecule has 0 unspecified atom stereocenters.